The van der Waals surface area contributed by atoms with Gasteiger partial charge in [0.05, 0.1) is 17.8 Å². The number of likely N-dealkylation sites (tertiary alicyclic amines) is 1. The molecular weight excluding hydrogens is 436 g/mol. The first-order chi connectivity index (χ1) is 16.0. The number of aromatic nitrogens is 5. The molecule has 5 rings (SSSR count). The van der Waals surface area contributed by atoms with Gasteiger partial charge in [0, 0.05) is 57.8 Å². The molecule has 1 aliphatic rings. The van der Waals surface area contributed by atoms with Crippen LogP contribution in [-0.4, -0.2) is 48.9 Å². The highest BCUT2D eigenvalue weighted by Gasteiger charge is 2.28. The number of aryl methyl sites for hydroxylation is 1. The minimum absolute atomic E-state index is 0.0160. The maximum Gasteiger partial charge on any atom is 0.245 e. The monoisotopic (exact) mass is 460 g/mol. The second-order valence-electron chi connectivity index (χ2n) is 8.45. The van der Waals surface area contributed by atoms with Gasteiger partial charge in [0.15, 0.2) is 0 Å². The van der Waals surface area contributed by atoms with Crippen molar-refractivity contribution in [1.29, 1.82) is 0 Å². The molecule has 1 amide bonds. The number of hydrogen-bond donors (Lipinski definition) is 1. The number of carbonyl (C=O) groups is 1. The number of carbonyl (C=O) groups excluding carboxylic acids is 1. The van der Waals surface area contributed by atoms with Crippen LogP contribution in [0.5, 0.6) is 0 Å². The normalized spacial score (nSPS) is 14.7. The number of pyridine rings is 1. The number of H-pyrrole nitrogens is 1. The van der Waals surface area contributed by atoms with Gasteiger partial charge in [-0.05, 0) is 57.0 Å². The van der Waals surface area contributed by atoms with Crippen LogP contribution in [0.4, 0.5) is 0 Å². The summed E-state index contributed by atoms with van der Waals surface area (Å²) >= 11 is 6.78. The van der Waals surface area contributed by atoms with Crippen molar-refractivity contribution in [2.45, 2.75) is 32.7 Å². The van der Waals surface area contributed by atoms with E-state index in [9.17, 15) is 4.79 Å². The van der Waals surface area contributed by atoms with Crippen molar-refractivity contribution < 1.29 is 4.79 Å². The number of nitrogens with one attached hydrogen (secondary N) is 1. The topological polar surface area (TPSA) is 79.7 Å². The van der Waals surface area contributed by atoms with Gasteiger partial charge in [0.1, 0.15) is 5.69 Å². The Morgan fingerprint density at radius 2 is 2.00 bits per heavy atom. The van der Waals surface area contributed by atoms with Crippen molar-refractivity contribution in [3.63, 3.8) is 0 Å². The summed E-state index contributed by atoms with van der Waals surface area (Å²) < 4.78 is 2.12. The summed E-state index contributed by atoms with van der Waals surface area (Å²) in [6.07, 6.45) is 6.67. The second-order valence-corrected chi connectivity index (χ2v) is 8.86. The van der Waals surface area contributed by atoms with E-state index in [0.717, 1.165) is 57.5 Å². The summed E-state index contributed by atoms with van der Waals surface area (Å²) in [5.41, 5.74) is 6.69. The van der Waals surface area contributed by atoms with E-state index in [-0.39, 0.29) is 11.9 Å². The van der Waals surface area contributed by atoms with Crippen LogP contribution in [0, 0.1) is 13.8 Å². The summed E-state index contributed by atoms with van der Waals surface area (Å²) in [5.74, 6) is -0.0160. The highest BCUT2D eigenvalue weighted by Crippen LogP contribution is 2.43. The highest BCUT2D eigenvalue weighted by molar-refractivity contribution is 6.35. The molecule has 1 saturated heterocycles. The highest BCUT2D eigenvalue weighted by atomic mass is 35.5. The minimum atomic E-state index is -0.0160. The molecule has 0 aliphatic carbocycles. The summed E-state index contributed by atoms with van der Waals surface area (Å²) in [4.78, 5) is 18.2. The Hall–Kier alpha value is -3.45. The molecular formula is C25H25ClN6O. The molecule has 8 heteroatoms. The van der Waals surface area contributed by atoms with Crippen molar-refractivity contribution in [3.05, 3.63) is 65.7 Å². The van der Waals surface area contributed by atoms with E-state index in [0.29, 0.717) is 18.1 Å². The predicted octanol–water partition coefficient (Wildman–Crippen LogP) is 5.11. The molecule has 0 unspecified atom stereocenters. The first-order valence-electron chi connectivity index (χ1n) is 11.0. The fraction of sp³-hybridized carbons (Fsp3) is 0.280. The van der Waals surface area contributed by atoms with Crippen LogP contribution in [0.1, 0.15) is 30.3 Å². The van der Waals surface area contributed by atoms with Gasteiger partial charge in [-0.1, -0.05) is 18.2 Å². The standard InChI is InChI=1S/C25H25ClN6O/c1-4-22(33)31-11-8-18(9-12-31)32-16(3)23(25(30-32)17-7-10-27-15(2)13-17)24-19-14-28-29-21(19)6-5-20(24)26/h4-7,10,13-14,18H,1,8-9,11-12H2,2-3H3,(H,28,29). The number of halogens is 1. The molecule has 0 atom stereocenters. The Bertz CT molecular complexity index is 1360. The van der Waals surface area contributed by atoms with Crippen LogP contribution in [0.25, 0.3) is 33.3 Å². The zero-order valence-corrected chi connectivity index (χ0v) is 19.4. The van der Waals surface area contributed by atoms with Gasteiger partial charge >= 0.3 is 0 Å². The number of benzene rings is 1. The third-order valence-corrected chi connectivity index (χ3v) is 6.76. The predicted molar refractivity (Wildman–Crippen MR) is 130 cm³/mol. The van der Waals surface area contributed by atoms with Crippen molar-refractivity contribution >= 4 is 28.4 Å². The number of hydrogen-bond acceptors (Lipinski definition) is 4. The van der Waals surface area contributed by atoms with Gasteiger partial charge in [-0.25, -0.2) is 0 Å². The van der Waals surface area contributed by atoms with E-state index in [2.05, 4.69) is 33.4 Å². The second kappa shape index (κ2) is 8.48. The van der Waals surface area contributed by atoms with Crippen molar-refractivity contribution in [1.82, 2.24) is 29.9 Å². The Morgan fingerprint density at radius 3 is 2.73 bits per heavy atom. The summed E-state index contributed by atoms with van der Waals surface area (Å²) in [7, 11) is 0. The van der Waals surface area contributed by atoms with Crippen LogP contribution in [0.3, 0.4) is 0 Å². The van der Waals surface area contributed by atoms with Gasteiger partial charge in [0.2, 0.25) is 5.91 Å². The van der Waals surface area contributed by atoms with Crippen LogP contribution >= 0.6 is 11.6 Å². The summed E-state index contributed by atoms with van der Waals surface area (Å²) in [6.45, 7) is 9.05. The molecule has 1 N–H and O–H groups in total. The van der Waals surface area contributed by atoms with E-state index in [1.807, 2.05) is 48.5 Å². The van der Waals surface area contributed by atoms with Gasteiger partial charge in [-0.15, -0.1) is 0 Å². The maximum absolute atomic E-state index is 12.0. The third-order valence-electron chi connectivity index (χ3n) is 6.44. The summed E-state index contributed by atoms with van der Waals surface area (Å²) in [6, 6.07) is 8.06. The maximum atomic E-state index is 12.0. The van der Waals surface area contributed by atoms with Crippen LogP contribution in [0.15, 0.2) is 49.3 Å². The number of fused-ring (bicyclic) bond motifs is 1. The molecule has 4 heterocycles. The lowest BCUT2D eigenvalue weighted by molar-refractivity contribution is -0.127. The van der Waals surface area contributed by atoms with Gasteiger partial charge in [0.25, 0.3) is 0 Å². The zero-order chi connectivity index (χ0) is 23.1. The van der Waals surface area contributed by atoms with Crippen molar-refractivity contribution in [2.75, 3.05) is 13.1 Å². The lowest BCUT2D eigenvalue weighted by atomic mass is 9.96. The number of piperidine rings is 1. The molecule has 0 saturated carbocycles. The third kappa shape index (κ3) is 3.72. The molecule has 1 fully saturated rings. The lowest BCUT2D eigenvalue weighted by Gasteiger charge is -2.32. The minimum Gasteiger partial charge on any atom is -0.339 e. The SMILES string of the molecule is C=CC(=O)N1CCC(n2nc(-c3ccnc(C)c3)c(-c3c(Cl)ccc4[nH]ncc34)c2C)CC1. The smallest absolute Gasteiger partial charge is 0.245 e. The molecule has 33 heavy (non-hydrogen) atoms. The Balaban J connectivity index is 1.66. The zero-order valence-electron chi connectivity index (χ0n) is 18.7. The number of amides is 1. The number of nitrogens with zero attached hydrogens (tertiary/aromatic N) is 5. The van der Waals surface area contributed by atoms with E-state index in [1.165, 1.54) is 6.08 Å². The Labute approximate surface area is 197 Å². The average Bonchev–Trinajstić information content (AvgIpc) is 3.43. The quantitative estimate of drug-likeness (QED) is 0.429. The fourth-order valence-corrected chi connectivity index (χ4v) is 5.03. The van der Waals surface area contributed by atoms with Crippen LogP contribution < -0.4 is 0 Å². The van der Waals surface area contributed by atoms with Gasteiger partial charge in [-0.3, -0.25) is 19.6 Å². The summed E-state index contributed by atoms with van der Waals surface area (Å²) in [5, 5.41) is 14.0. The molecule has 0 spiro atoms. The van der Waals surface area contributed by atoms with E-state index < -0.39 is 0 Å². The largest absolute Gasteiger partial charge is 0.339 e. The Kier molecular flexibility index (Phi) is 5.50. The molecule has 3 aromatic heterocycles. The molecule has 1 aliphatic heterocycles. The van der Waals surface area contributed by atoms with Gasteiger partial charge < -0.3 is 4.90 Å². The molecule has 4 aromatic rings. The first-order valence-corrected chi connectivity index (χ1v) is 11.4. The molecule has 168 valence electrons. The van der Waals surface area contributed by atoms with Gasteiger partial charge in [-0.2, -0.15) is 10.2 Å². The first kappa shape index (κ1) is 21.4. The Morgan fingerprint density at radius 1 is 1.21 bits per heavy atom. The van der Waals surface area contributed by atoms with E-state index in [1.54, 1.807) is 0 Å². The lowest BCUT2D eigenvalue weighted by Crippen LogP contribution is -2.38. The fourth-order valence-electron chi connectivity index (χ4n) is 4.77. The molecule has 7 nitrogen and oxygen atoms in total. The number of aromatic amines is 1. The van der Waals surface area contributed by atoms with Crippen LogP contribution in [0.2, 0.25) is 5.02 Å². The van der Waals surface area contributed by atoms with Crippen molar-refractivity contribution in [2.24, 2.45) is 0 Å². The van der Waals surface area contributed by atoms with E-state index in [4.69, 9.17) is 16.7 Å². The number of rotatable bonds is 4. The van der Waals surface area contributed by atoms with E-state index >= 15 is 0 Å². The molecule has 0 bridgehead atoms. The van der Waals surface area contributed by atoms with Crippen molar-refractivity contribution in [3.8, 4) is 22.4 Å². The molecule has 0 radical (unpaired) electrons. The average molecular weight is 461 g/mol. The molecule has 1 aromatic carbocycles. The van der Waals surface area contributed by atoms with Crippen LogP contribution in [-0.2, 0) is 4.79 Å².